The first-order valence-electron chi connectivity index (χ1n) is 7.42. The quantitative estimate of drug-likeness (QED) is 0.654. The van der Waals surface area contributed by atoms with Crippen LogP contribution in [0, 0.1) is 0 Å². The minimum absolute atomic E-state index is 0.0461. The molecule has 0 aliphatic carbocycles. The van der Waals surface area contributed by atoms with Crippen molar-refractivity contribution in [3.05, 3.63) is 43.0 Å². The molecule has 2 atom stereocenters. The van der Waals surface area contributed by atoms with Gasteiger partial charge in [-0.15, -0.1) is 0 Å². The van der Waals surface area contributed by atoms with Crippen LogP contribution in [-0.2, 0) is 15.8 Å². The molecule has 0 saturated heterocycles. The van der Waals surface area contributed by atoms with Crippen molar-refractivity contribution in [3.63, 3.8) is 0 Å². The zero-order valence-corrected chi connectivity index (χ0v) is 14.1. The molecule has 0 aliphatic rings. The van der Waals surface area contributed by atoms with Gasteiger partial charge in [-0.25, -0.2) is 15.0 Å². The molecule has 1 unspecified atom stereocenters. The van der Waals surface area contributed by atoms with Crippen molar-refractivity contribution in [1.29, 1.82) is 0 Å². The van der Waals surface area contributed by atoms with E-state index in [9.17, 15) is 4.57 Å². The zero-order chi connectivity index (χ0) is 16.9. The maximum absolute atomic E-state index is 12.0. The fourth-order valence-electron chi connectivity index (χ4n) is 2.22. The van der Waals surface area contributed by atoms with Crippen LogP contribution in [0.1, 0.15) is 6.92 Å². The predicted octanol–water partition coefficient (Wildman–Crippen LogP) is 2.32. The zero-order valence-electron chi connectivity index (χ0n) is 13.1. The van der Waals surface area contributed by atoms with E-state index in [-0.39, 0.29) is 12.5 Å². The van der Waals surface area contributed by atoms with Crippen LogP contribution in [0.3, 0.4) is 0 Å². The Labute approximate surface area is 139 Å². The van der Waals surface area contributed by atoms with Crippen LogP contribution in [0.15, 0.2) is 43.0 Å². The van der Waals surface area contributed by atoms with Gasteiger partial charge in [0.25, 0.3) is 8.03 Å². The van der Waals surface area contributed by atoms with Crippen molar-refractivity contribution < 1.29 is 13.8 Å². The molecule has 126 valence electrons. The lowest BCUT2D eigenvalue weighted by molar-refractivity contribution is 0.0852. The van der Waals surface area contributed by atoms with E-state index in [0.717, 1.165) is 0 Å². The largest absolute Gasteiger partial charge is 0.443 e. The van der Waals surface area contributed by atoms with Gasteiger partial charge in [0, 0.05) is 0 Å². The fourth-order valence-corrected chi connectivity index (χ4v) is 3.10. The first-order valence-corrected chi connectivity index (χ1v) is 8.94. The van der Waals surface area contributed by atoms with Gasteiger partial charge in [-0.1, -0.05) is 18.2 Å². The van der Waals surface area contributed by atoms with Crippen LogP contribution >= 0.6 is 8.03 Å². The van der Waals surface area contributed by atoms with Crippen molar-refractivity contribution >= 4 is 25.0 Å². The van der Waals surface area contributed by atoms with E-state index >= 15 is 0 Å². The van der Waals surface area contributed by atoms with Crippen LogP contribution in [0.5, 0.6) is 5.75 Å². The minimum atomic E-state index is -2.31. The second-order valence-electron chi connectivity index (χ2n) is 5.24. The predicted molar refractivity (Wildman–Crippen MR) is 91.2 cm³/mol. The Balaban J connectivity index is 1.54. The molecular weight excluding hydrogens is 329 g/mol. The molecule has 1 aromatic carbocycles. The van der Waals surface area contributed by atoms with E-state index in [0.29, 0.717) is 29.3 Å². The van der Waals surface area contributed by atoms with E-state index in [2.05, 4.69) is 15.0 Å². The second-order valence-corrected chi connectivity index (χ2v) is 6.47. The molecule has 0 saturated carbocycles. The van der Waals surface area contributed by atoms with Gasteiger partial charge in [-0.3, -0.25) is 4.57 Å². The van der Waals surface area contributed by atoms with Crippen LogP contribution in [-0.4, -0.2) is 32.0 Å². The van der Waals surface area contributed by atoms with Crippen LogP contribution in [0.2, 0.25) is 0 Å². The summed E-state index contributed by atoms with van der Waals surface area (Å²) in [6.07, 6.45) is 2.89. The van der Waals surface area contributed by atoms with Crippen molar-refractivity contribution in [2.24, 2.45) is 0 Å². The van der Waals surface area contributed by atoms with Crippen molar-refractivity contribution in [2.75, 3.05) is 12.1 Å². The van der Waals surface area contributed by atoms with Crippen molar-refractivity contribution in [3.8, 4) is 5.75 Å². The smallest absolute Gasteiger partial charge is 0.261 e. The number of para-hydroxylation sites is 1. The average Bonchev–Trinajstić information content (AvgIpc) is 2.98. The average molecular weight is 347 g/mol. The number of hydrogen-bond donors (Lipinski definition) is 1. The summed E-state index contributed by atoms with van der Waals surface area (Å²) in [4.78, 5) is 12.3. The van der Waals surface area contributed by atoms with Crippen molar-refractivity contribution in [1.82, 2.24) is 19.5 Å². The third-order valence-corrected chi connectivity index (χ3v) is 4.21. The van der Waals surface area contributed by atoms with Gasteiger partial charge in [0.2, 0.25) is 0 Å². The molecule has 24 heavy (non-hydrogen) atoms. The maximum atomic E-state index is 12.0. The summed E-state index contributed by atoms with van der Waals surface area (Å²) in [5.41, 5.74) is 6.97. The normalized spacial score (nSPS) is 13.7. The summed E-state index contributed by atoms with van der Waals surface area (Å²) in [6.45, 7) is 2.39. The maximum Gasteiger partial charge on any atom is 0.261 e. The van der Waals surface area contributed by atoms with Crippen LogP contribution in [0.4, 0.5) is 5.82 Å². The molecule has 2 N–H and O–H groups in total. The Kier molecular flexibility index (Phi) is 5.08. The number of ether oxygens (including phenoxy) is 1. The van der Waals surface area contributed by atoms with Crippen molar-refractivity contribution in [2.45, 2.75) is 19.6 Å². The first kappa shape index (κ1) is 16.4. The molecule has 3 aromatic rings. The van der Waals surface area contributed by atoms with Gasteiger partial charge in [-0.05, 0) is 19.1 Å². The molecule has 0 bridgehead atoms. The first-order chi connectivity index (χ1) is 11.6. The minimum Gasteiger partial charge on any atom is -0.443 e. The lowest BCUT2D eigenvalue weighted by Crippen LogP contribution is -2.16. The summed E-state index contributed by atoms with van der Waals surface area (Å²) in [5.74, 6) is 0.916. The van der Waals surface area contributed by atoms with Gasteiger partial charge < -0.3 is 19.6 Å². The highest BCUT2D eigenvalue weighted by Crippen LogP contribution is 2.27. The number of nitrogen functional groups attached to an aromatic ring is 1. The highest BCUT2D eigenvalue weighted by atomic mass is 31.1. The van der Waals surface area contributed by atoms with Crippen LogP contribution < -0.4 is 10.3 Å². The Hall–Kier alpha value is -2.44. The Bertz CT molecular complexity index is 840. The highest BCUT2D eigenvalue weighted by molar-refractivity contribution is 7.39. The topological polar surface area (TPSA) is 105 Å². The van der Waals surface area contributed by atoms with E-state index < -0.39 is 8.03 Å². The molecule has 0 amide bonds. The Morgan fingerprint density at radius 1 is 1.25 bits per heavy atom. The summed E-state index contributed by atoms with van der Waals surface area (Å²) >= 11 is 0. The Morgan fingerprint density at radius 3 is 2.83 bits per heavy atom. The number of nitrogens with zero attached hydrogens (tertiary/aromatic N) is 4. The second kappa shape index (κ2) is 7.42. The fraction of sp³-hybridized carbons (Fsp3) is 0.267. The SMILES string of the molecule is C[C@@H](Cn1cnc2c(N)ncnc21)OC[PH](=O)Oc1ccccc1. The number of anilines is 1. The highest BCUT2D eigenvalue weighted by Gasteiger charge is 2.12. The third-order valence-electron chi connectivity index (χ3n) is 3.34. The number of fused-ring (bicyclic) bond motifs is 1. The number of nitrogens with two attached hydrogens (primary N) is 1. The van der Waals surface area contributed by atoms with E-state index in [1.54, 1.807) is 18.5 Å². The lowest BCUT2D eigenvalue weighted by atomic mass is 10.3. The molecule has 0 fully saturated rings. The molecule has 0 aliphatic heterocycles. The molecule has 2 aromatic heterocycles. The Morgan fingerprint density at radius 2 is 2.04 bits per heavy atom. The summed E-state index contributed by atoms with van der Waals surface area (Å²) in [6, 6.07) is 9.03. The summed E-state index contributed by atoms with van der Waals surface area (Å²) < 4.78 is 24.7. The molecule has 9 heteroatoms. The van der Waals surface area contributed by atoms with Gasteiger partial charge in [0.15, 0.2) is 11.5 Å². The molecule has 0 spiro atoms. The molecule has 2 heterocycles. The number of benzene rings is 1. The van der Waals surface area contributed by atoms with Gasteiger partial charge in [-0.2, -0.15) is 0 Å². The number of imidazole rings is 1. The van der Waals surface area contributed by atoms with Gasteiger partial charge in [0.05, 0.1) is 19.0 Å². The third kappa shape index (κ3) is 3.90. The number of rotatable bonds is 7. The lowest BCUT2D eigenvalue weighted by Gasteiger charge is -2.14. The number of aromatic nitrogens is 4. The molecule has 3 rings (SSSR count). The molecule has 8 nitrogen and oxygen atoms in total. The van der Waals surface area contributed by atoms with Gasteiger partial charge in [0.1, 0.15) is 23.9 Å². The standard InChI is InChI=1S/C15H18N5O3P/c1-11(22-10-24(21)23-12-5-3-2-4-6-12)7-20-9-19-13-14(16)17-8-18-15(13)20/h2-6,8-9,11,24H,7,10H2,1H3,(H2,16,17,18)/t11-/m0/s1. The van der Waals surface area contributed by atoms with E-state index in [4.69, 9.17) is 15.0 Å². The summed E-state index contributed by atoms with van der Waals surface area (Å²) in [5, 5.41) is 0. The van der Waals surface area contributed by atoms with E-state index in [1.807, 2.05) is 29.7 Å². The van der Waals surface area contributed by atoms with E-state index in [1.165, 1.54) is 6.33 Å². The summed E-state index contributed by atoms with van der Waals surface area (Å²) in [7, 11) is -2.31. The molecule has 0 radical (unpaired) electrons. The van der Waals surface area contributed by atoms with Crippen LogP contribution in [0.25, 0.3) is 11.2 Å². The molecular formula is C15H18N5O3P. The monoisotopic (exact) mass is 347 g/mol. The van der Waals surface area contributed by atoms with Gasteiger partial charge >= 0.3 is 0 Å². The number of hydrogen-bond acceptors (Lipinski definition) is 7.